The van der Waals surface area contributed by atoms with Crippen molar-refractivity contribution in [2.24, 2.45) is 7.05 Å². The summed E-state index contributed by atoms with van der Waals surface area (Å²) < 4.78 is 6.61. The van der Waals surface area contributed by atoms with Crippen LogP contribution in [-0.4, -0.2) is 35.6 Å². The van der Waals surface area contributed by atoms with Crippen molar-refractivity contribution in [3.05, 3.63) is 18.0 Å². The Labute approximate surface area is 118 Å². The van der Waals surface area contributed by atoms with Gasteiger partial charge in [-0.15, -0.1) is 0 Å². The molecule has 0 aromatic carbocycles. The average molecular weight is 279 g/mol. The maximum absolute atomic E-state index is 12.1. The quantitative estimate of drug-likeness (QED) is 0.814. The maximum Gasteiger partial charge on any atom is 0.355 e. The summed E-state index contributed by atoms with van der Waals surface area (Å²) in [5, 5.41) is 6.03. The average Bonchev–Trinajstić information content (AvgIpc) is 2.81. The molecule has 0 spiro atoms. The van der Waals surface area contributed by atoms with Crippen molar-refractivity contribution < 1.29 is 14.3 Å². The van der Waals surface area contributed by atoms with Crippen molar-refractivity contribution >= 4 is 17.6 Å². The molecule has 0 bridgehead atoms. The molecule has 110 valence electrons. The van der Waals surface area contributed by atoms with Gasteiger partial charge in [0.25, 0.3) is 0 Å². The molecule has 1 unspecified atom stereocenters. The van der Waals surface area contributed by atoms with Crippen LogP contribution in [0.15, 0.2) is 12.3 Å². The number of esters is 1. The predicted octanol–water partition coefficient (Wildman–Crippen LogP) is 1.28. The molecule has 6 nitrogen and oxygen atoms in total. The molecule has 20 heavy (non-hydrogen) atoms. The summed E-state index contributed by atoms with van der Waals surface area (Å²) in [4.78, 5) is 23.8. The largest absolute Gasteiger partial charge is 0.461 e. The third kappa shape index (κ3) is 3.39. The van der Waals surface area contributed by atoms with Crippen LogP contribution in [0, 0.1) is 0 Å². The zero-order chi connectivity index (χ0) is 14.5. The Morgan fingerprint density at radius 2 is 2.30 bits per heavy atom. The Balaban J connectivity index is 2.01. The van der Waals surface area contributed by atoms with Crippen molar-refractivity contribution in [1.82, 2.24) is 9.88 Å². The number of anilines is 1. The fraction of sp³-hybridized carbons (Fsp3) is 0.571. The lowest BCUT2D eigenvalue weighted by Crippen LogP contribution is -2.43. The summed E-state index contributed by atoms with van der Waals surface area (Å²) in [6.07, 6.45) is 4.74. The minimum absolute atomic E-state index is 0.0503. The molecule has 1 aliphatic rings. The molecule has 2 heterocycles. The number of piperidine rings is 1. The first kappa shape index (κ1) is 14.6. The number of aryl methyl sites for hydroxylation is 1. The molecule has 1 amide bonds. The van der Waals surface area contributed by atoms with Gasteiger partial charge < -0.3 is 19.9 Å². The van der Waals surface area contributed by atoms with E-state index < -0.39 is 0 Å². The summed E-state index contributed by atoms with van der Waals surface area (Å²) in [5.41, 5.74) is 1.05. The van der Waals surface area contributed by atoms with E-state index in [1.165, 1.54) is 0 Å². The van der Waals surface area contributed by atoms with Crippen LogP contribution < -0.4 is 10.6 Å². The number of hydrogen-bond donors (Lipinski definition) is 2. The Bertz CT molecular complexity index is 490. The lowest BCUT2D eigenvalue weighted by molar-refractivity contribution is -0.118. The number of nitrogens with zero attached hydrogens (tertiary/aromatic N) is 1. The highest BCUT2D eigenvalue weighted by molar-refractivity contribution is 5.96. The van der Waals surface area contributed by atoms with Gasteiger partial charge in [0.2, 0.25) is 5.91 Å². The molecule has 1 aromatic rings. The second-order valence-corrected chi connectivity index (χ2v) is 4.94. The van der Waals surface area contributed by atoms with Crippen molar-refractivity contribution in [3.63, 3.8) is 0 Å². The summed E-state index contributed by atoms with van der Waals surface area (Å²) in [5.74, 6) is -0.433. The summed E-state index contributed by atoms with van der Waals surface area (Å²) in [6.45, 7) is 2.97. The number of nitrogens with one attached hydrogen (secondary N) is 2. The highest BCUT2D eigenvalue weighted by Crippen LogP contribution is 2.15. The summed E-state index contributed by atoms with van der Waals surface area (Å²) in [7, 11) is 1.75. The normalized spacial score (nSPS) is 18.6. The van der Waals surface area contributed by atoms with Gasteiger partial charge in [-0.2, -0.15) is 0 Å². The Morgan fingerprint density at radius 3 is 2.95 bits per heavy atom. The monoisotopic (exact) mass is 279 g/mol. The van der Waals surface area contributed by atoms with E-state index in [0.29, 0.717) is 18.0 Å². The summed E-state index contributed by atoms with van der Waals surface area (Å²) in [6, 6.07) is 1.49. The van der Waals surface area contributed by atoms with Gasteiger partial charge in [0.05, 0.1) is 18.3 Å². The zero-order valence-corrected chi connectivity index (χ0v) is 11.9. The van der Waals surface area contributed by atoms with Crippen molar-refractivity contribution in [1.29, 1.82) is 0 Å². The topological polar surface area (TPSA) is 72.4 Å². The second kappa shape index (κ2) is 6.56. The van der Waals surface area contributed by atoms with Crippen LogP contribution in [-0.2, 0) is 16.6 Å². The fourth-order valence-electron chi connectivity index (χ4n) is 2.35. The molecule has 1 aliphatic heterocycles. The van der Waals surface area contributed by atoms with Gasteiger partial charge >= 0.3 is 5.97 Å². The molecular weight excluding hydrogens is 258 g/mol. The maximum atomic E-state index is 12.1. The van der Waals surface area contributed by atoms with Gasteiger partial charge in [-0.25, -0.2) is 4.79 Å². The minimum Gasteiger partial charge on any atom is -0.461 e. The number of rotatable bonds is 4. The first-order valence-electron chi connectivity index (χ1n) is 6.99. The molecule has 2 rings (SSSR count). The molecule has 6 heteroatoms. The zero-order valence-electron chi connectivity index (χ0n) is 11.9. The Hall–Kier alpha value is -1.82. The van der Waals surface area contributed by atoms with Crippen LogP contribution in [0.4, 0.5) is 5.69 Å². The van der Waals surface area contributed by atoms with Crippen molar-refractivity contribution in [2.75, 3.05) is 18.5 Å². The van der Waals surface area contributed by atoms with Crippen LogP contribution >= 0.6 is 0 Å². The number of carbonyl (C=O) groups is 2. The summed E-state index contributed by atoms with van der Waals surface area (Å²) >= 11 is 0. The molecule has 0 aliphatic carbocycles. The van der Waals surface area contributed by atoms with Crippen LogP contribution in [0.1, 0.15) is 36.7 Å². The van der Waals surface area contributed by atoms with Crippen molar-refractivity contribution in [3.8, 4) is 0 Å². The number of ether oxygens (including phenoxy) is 1. The first-order valence-corrected chi connectivity index (χ1v) is 6.99. The third-order valence-electron chi connectivity index (χ3n) is 3.38. The molecule has 2 N–H and O–H groups in total. The van der Waals surface area contributed by atoms with E-state index in [0.717, 1.165) is 25.8 Å². The Kier molecular flexibility index (Phi) is 4.79. The van der Waals surface area contributed by atoms with E-state index in [-0.39, 0.29) is 17.9 Å². The molecule has 1 aromatic heterocycles. The van der Waals surface area contributed by atoms with Crippen LogP contribution in [0.25, 0.3) is 0 Å². The molecule has 0 saturated carbocycles. The van der Waals surface area contributed by atoms with Crippen LogP contribution in [0.5, 0.6) is 0 Å². The van der Waals surface area contributed by atoms with Gasteiger partial charge in [0.15, 0.2) is 0 Å². The molecule has 1 saturated heterocycles. The van der Waals surface area contributed by atoms with E-state index in [1.807, 2.05) is 0 Å². The highest BCUT2D eigenvalue weighted by Gasteiger charge is 2.21. The molecule has 1 fully saturated rings. The predicted molar refractivity (Wildman–Crippen MR) is 75.6 cm³/mol. The lowest BCUT2D eigenvalue weighted by atomic mass is 10.0. The van der Waals surface area contributed by atoms with Gasteiger partial charge in [-0.05, 0) is 32.4 Å². The smallest absolute Gasteiger partial charge is 0.355 e. The SMILES string of the molecule is CCOC(=O)c1cc(NC(=O)C2CCCCN2)cn1C. The number of aromatic nitrogens is 1. The molecule has 1 atom stereocenters. The molecule has 0 radical (unpaired) electrons. The third-order valence-corrected chi connectivity index (χ3v) is 3.38. The van der Waals surface area contributed by atoms with Gasteiger partial charge in [-0.1, -0.05) is 6.42 Å². The number of hydrogen-bond acceptors (Lipinski definition) is 4. The van der Waals surface area contributed by atoms with E-state index in [4.69, 9.17) is 4.74 Å². The highest BCUT2D eigenvalue weighted by atomic mass is 16.5. The van der Waals surface area contributed by atoms with E-state index >= 15 is 0 Å². The van der Waals surface area contributed by atoms with E-state index in [9.17, 15) is 9.59 Å². The van der Waals surface area contributed by atoms with Crippen LogP contribution in [0.3, 0.4) is 0 Å². The number of amides is 1. The second-order valence-electron chi connectivity index (χ2n) is 4.94. The van der Waals surface area contributed by atoms with Gasteiger partial charge in [0, 0.05) is 13.2 Å². The van der Waals surface area contributed by atoms with E-state index in [1.54, 1.807) is 30.8 Å². The van der Waals surface area contributed by atoms with Gasteiger partial charge in [0.1, 0.15) is 5.69 Å². The fourth-order valence-corrected chi connectivity index (χ4v) is 2.35. The van der Waals surface area contributed by atoms with E-state index in [2.05, 4.69) is 10.6 Å². The van der Waals surface area contributed by atoms with Crippen LogP contribution in [0.2, 0.25) is 0 Å². The molecular formula is C14H21N3O3. The standard InChI is InChI=1S/C14H21N3O3/c1-3-20-14(19)12-8-10(9-17(12)2)16-13(18)11-6-4-5-7-15-11/h8-9,11,15H,3-7H2,1-2H3,(H,16,18). The van der Waals surface area contributed by atoms with Gasteiger partial charge in [-0.3, -0.25) is 4.79 Å². The Morgan fingerprint density at radius 1 is 1.50 bits per heavy atom. The minimum atomic E-state index is -0.383. The van der Waals surface area contributed by atoms with Crippen molar-refractivity contribution in [2.45, 2.75) is 32.2 Å². The lowest BCUT2D eigenvalue weighted by Gasteiger charge is -2.22. The first-order chi connectivity index (χ1) is 9.61. The number of carbonyl (C=O) groups excluding carboxylic acids is 2.